The summed E-state index contributed by atoms with van der Waals surface area (Å²) in [5.74, 6) is 0. The van der Waals surface area contributed by atoms with E-state index >= 15 is 0 Å². The van der Waals surface area contributed by atoms with Gasteiger partial charge in [0.2, 0.25) is 0 Å². The predicted molar refractivity (Wildman–Crippen MR) is 109 cm³/mol. The third-order valence-electron chi connectivity index (χ3n) is 4.81. The van der Waals surface area contributed by atoms with Crippen LogP contribution in [-0.4, -0.2) is 9.97 Å². The Bertz CT molecular complexity index is 808. The molecule has 1 N–H and O–H groups in total. The monoisotopic (exact) mass is 344 g/mol. The molecular weight excluding hydrogens is 323 g/mol. The van der Waals surface area contributed by atoms with Gasteiger partial charge in [0.15, 0.2) is 0 Å². The topological polar surface area (TPSA) is 28.7 Å². The third kappa shape index (κ3) is 3.01. The van der Waals surface area contributed by atoms with Crippen molar-refractivity contribution in [3.63, 3.8) is 0 Å². The molecule has 0 fully saturated rings. The molecule has 0 atom stereocenters. The molecule has 1 heterocycles. The first-order chi connectivity index (χ1) is 12.4. The molecule has 3 heteroatoms. The van der Waals surface area contributed by atoms with Crippen molar-refractivity contribution in [2.45, 2.75) is 6.16 Å². The summed E-state index contributed by atoms with van der Waals surface area (Å²) in [4.78, 5) is 7.58. The number of nitrogens with zero attached hydrogens (tertiary/aromatic N) is 1. The van der Waals surface area contributed by atoms with Crippen LogP contribution < -0.4 is 15.9 Å². The van der Waals surface area contributed by atoms with Gasteiger partial charge in [-0.15, -0.1) is 0 Å². The van der Waals surface area contributed by atoms with Crippen LogP contribution in [0.1, 0.15) is 5.69 Å². The SMILES string of the molecule is c1ccc([PH](Cc2cnc[nH]2)(c2ccccc2)c2ccccc2)cc1. The summed E-state index contributed by atoms with van der Waals surface area (Å²) in [5, 5.41) is 4.26. The van der Waals surface area contributed by atoms with Gasteiger partial charge in [0.1, 0.15) is 0 Å². The molecule has 0 aliphatic rings. The Hall–Kier alpha value is -2.70. The van der Waals surface area contributed by atoms with Crippen molar-refractivity contribution in [2.24, 2.45) is 0 Å². The van der Waals surface area contributed by atoms with Crippen LogP contribution in [0.4, 0.5) is 0 Å². The van der Waals surface area contributed by atoms with E-state index in [0.29, 0.717) is 0 Å². The van der Waals surface area contributed by atoms with Crippen molar-refractivity contribution in [1.82, 2.24) is 9.97 Å². The summed E-state index contributed by atoms with van der Waals surface area (Å²) < 4.78 is 0. The maximum absolute atomic E-state index is 4.25. The summed E-state index contributed by atoms with van der Waals surface area (Å²) in [6.45, 7) is 0. The number of hydrogen-bond donors (Lipinski definition) is 1. The fraction of sp³-hybridized carbons (Fsp3) is 0.0455. The first-order valence-corrected chi connectivity index (χ1v) is 10.7. The summed E-state index contributed by atoms with van der Waals surface area (Å²) in [6.07, 6.45) is 4.69. The molecule has 1 aromatic heterocycles. The number of aromatic amines is 1. The molecule has 0 saturated heterocycles. The second kappa shape index (κ2) is 7.04. The number of imidazole rings is 1. The summed E-state index contributed by atoms with van der Waals surface area (Å²) in [5.41, 5.74) is 1.18. The number of nitrogens with one attached hydrogen (secondary N) is 1. The normalized spacial score (nSPS) is 12.0. The molecule has 2 nitrogen and oxygen atoms in total. The minimum atomic E-state index is -2.20. The van der Waals surface area contributed by atoms with Crippen LogP contribution in [0.25, 0.3) is 0 Å². The van der Waals surface area contributed by atoms with Crippen LogP contribution in [0.3, 0.4) is 0 Å². The zero-order valence-electron chi connectivity index (χ0n) is 14.0. The Morgan fingerprint density at radius 2 is 1.08 bits per heavy atom. The van der Waals surface area contributed by atoms with Crippen molar-refractivity contribution in [3.8, 4) is 0 Å². The van der Waals surface area contributed by atoms with Gasteiger partial charge >= 0.3 is 149 Å². The quantitative estimate of drug-likeness (QED) is 0.550. The summed E-state index contributed by atoms with van der Waals surface area (Å²) in [7, 11) is -2.20. The first-order valence-electron chi connectivity index (χ1n) is 8.53. The molecule has 4 rings (SSSR count). The number of aromatic nitrogens is 2. The van der Waals surface area contributed by atoms with Gasteiger partial charge in [-0.05, 0) is 0 Å². The zero-order valence-corrected chi connectivity index (χ0v) is 15.0. The second-order valence-corrected chi connectivity index (χ2v) is 10.2. The van der Waals surface area contributed by atoms with Crippen LogP contribution in [0.15, 0.2) is 104 Å². The van der Waals surface area contributed by atoms with Crippen molar-refractivity contribution in [1.29, 1.82) is 0 Å². The van der Waals surface area contributed by atoms with Gasteiger partial charge in [-0.1, -0.05) is 0 Å². The van der Waals surface area contributed by atoms with E-state index in [0.717, 1.165) is 6.16 Å². The molecule has 0 aliphatic heterocycles. The molecule has 4 aromatic rings. The van der Waals surface area contributed by atoms with Gasteiger partial charge in [-0.3, -0.25) is 0 Å². The van der Waals surface area contributed by atoms with E-state index in [1.54, 1.807) is 6.33 Å². The molecule has 0 amide bonds. The number of rotatable bonds is 5. The standard InChI is InChI=1S/C22H21N2P/c1-4-10-20(11-5-1)25(17-19-16-23-18-24-19,21-12-6-2-7-13-21)22-14-8-3-9-15-22/h1-16,18,25H,17H2,(H,23,24). The molecule has 0 unspecified atom stereocenters. The fourth-order valence-corrected chi connectivity index (χ4v) is 8.30. The van der Waals surface area contributed by atoms with Crippen LogP contribution in [0.2, 0.25) is 0 Å². The Balaban J connectivity index is 2.01. The minimum absolute atomic E-state index is 0.963. The fourth-order valence-electron chi connectivity index (χ4n) is 3.64. The van der Waals surface area contributed by atoms with E-state index in [1.807, 2.05) is 6.20 Å². The van der Waals surface area contributed by atoms with Crippen LogP contribution in [0.5, 0.6) is 0 Å². The number of hydrogen-bond acceptors (Lipinski definition) is 1. The van der Waals surface area contributed by atoms with Gasteiger partial charge in [0.25, 0.3) is 0 Å². The van der Waals surface area contributed by atoms with E-state index in [-0.39, 0.29) is 0 Å². The van der Waals surface area contributed by atoms with Crippen LogP contribution >= 0.6 is 7.26 Å². The average molecular weight is 344 g/mol. The first kappa shape index (κ1) is 15.8. The van der Waals surface area contributed by atoms with E-state index in [9.17, 15) is 0 Å². The summed E-state index contributed by atoms with van der Waals surface area (Å²) >= 11 is 0. The number of benzene rings is 3. The molecule has 124 valence electrons. The van der Waals surface area contributed by atoms with Gasteiger partial charge in [0, 0.05) is 0 Å². The van der Waals surface area contributed by atoms with Crippen LogP contribution in [0, 0.1) is 0 Å². The number of H-pyrrole nitrogens is 1. The zero-order chi connectivity index (χ0) is 17.0. The molecule has 3 aromatic carbocycles. The van der Waals surface area contributed by atoms with Crippen molar-refractivity contribution in [2.75, 3.05) is 0 Å². The summed E-state index contributed by atoms with van der Waals surface area (Å²) in [6, 6.07) is 32.9. The van der Waals surface area contributed by atoms with E-state index in [2.05, 4.69) is 101 Å². The molecular formula is C22H21N2P. The Morgan fingerprint density at radius 3 is 1.44 bits per heavy atom. The molecule has 0 radical (unpaired) electrons. The predicted octanol–water partition coefficient (Wildman–Crippen LogP) is 3.64. The van der Waals surface area contributed by atoms with Crippen molar-refractivity contribution >= 4 is 23.2 Å². The van der Waals surface area contributed by atoms with E-state index in [4.69, 9.17) is 0 Å². The third-order valence-corrected chi connectivity index (χ3v) is 9.68. The molecule has 0 bridgehead atoms. The van der Waals surface area contributed by atoms with Gasteiger partial charge < -0.3 is 0 Å². The van der Waals surface area contributed by atoms with E-state index in [1.165, 1.54) is 21.6 Å². The van der Waals surface area contributed by atoms with Crippen LogP contribution in [-0.2, 0) is 6.16 Å². The van der Waals surface area contributed by atoms with Gasteiger partial charge in [0.05, 0.1) is 0 Å². The van der Waals surface area contributed by atoms with E-state index < -0.39 is 7.26 Å². The van der Waals surface area contributed by atoms with Gasteiger partial charge in [-0.2, -0.15) is 0 Å². The maximum atomic E-state index is 4.25. The molecule has 0 saturated carbocycles. The van der Waals surface area contributed by atoms with Gasteiger partial charge in [-0.25, -0.2) is 0 Å². The average Bonchev–Trinajstić information content (AvgIpc) is 3.21. The Labute approximate surface area is 148 Å². The molecule has 0 spiro atoms. The van der Waals surface area contributed by atoms with Crippen molar-refractivity contribution in [3.05, 3.63) is 109 Å². The Kier molecular flexibility index (Phi) is 4.45. The molecule has 0 aliphatic carbocycles. The second-order valence-electron chi connectivity index (χ2n) is 6.26. The van der Waals surface area contributed by atoms with Crippen molar-refractivity contribution < 1.29 is 0 Å². The Morgan fingerprint density at radius 1 is 0.640 bits per heavy atom. The molecule has 25 heavy (non-hydrogen) atoms.